The fourth-order valence-electron chi connectivity index (χ4n) is 23.0. The maximum absolute atomic E-state index is 16.5. The van der Waals surface area contributed by atoms with Crippen LogP contribution in [0.5, 0.6) is 46.0 Å². The Hall–Kier alpha value is -15.3. The van der Waals surface area contributed by atoms with Crippen molar-refractivity contribution in [3.63, 3.8) is 0 Å². The summed E-state index contributed by atoms with van der Waals surface area (Å²) >= 11 is 0. The van der Waals surface area contributed by atoms with Crippen LogP contribution in [0.3, 0.4) is 0 Å². The number of hydrogen-bond acceptors (Lipinski definition) is 10. The van der Waals surface area contributed by atoms with Crippen LogP contribution in [0.2, 0.25) is 0 Å². The molecular formula is C126H114N8O8. The number of benzene rings is 18. The Morgan fingerprint density at radius 1 is 0.275 bits per heavy atom. The first-order valence-corrected chi connectivity index (χ1v) is 49.8. The van der Waals surface area contributed by atoms with E-state index < -0.39 is 23.6 Å². The molecule has 0 atom stereocenters. The molecule has 0 N–H and O–H groups in total. The molecule has 0 spiro atoms. The number of nitrogens with zero attached hydrogens (tertiary/aromatic N) is 8. The monoisotopic (exact) mass is 1870 g/mol. The minimum absolute atomic E-state index is 0.103. The molecule has 706 valence electrons. The first-order valence-electron chi connectivity index (χ1n) is 49.8. The summed E-state index contributed by atoms with van der Waals surface area (Å²) in [4.78, 5) is 74.8. The molecule has 2 heterocycles. The van der Waals surface area contributed by atoms with E-state index in [9.17, 15) is 11.1 Å². The number of carbonyl (C=O) groups is 4. The smallest absolute Gasteiger partial charge is 0.266 e. The molecule has 2 aliphatic heterocycles. The van der Waals surface area contributed by atoms with Crippen molar-refractivity contribution in [2.24, 2.45) is 10.2 Å². The molecule has 16 heteroatoms. The van der Waals surface area contributed by atoms with Crippen molar-refractivity contribution in [1.29, 1.82) is 0 Å². The fourth-order valence-corrected chi connectivity index (χ4v) is 23.0. The summed E-state index contributed by atoms with van der Waals surface area (Å²) in [6.45, 7) is 47.4. The molecule has 4 amide bonds. The average molecular weight is 1870 g/mol. The lowest BCUT2D eigenvalue weighted by molar-refractivity contribution is 0.0877. The van der Waals surface area contributed by atoms with E-state index in [1.165, 1.54) is 32.1 Å². The lowest BCUT2D eigenvalue weighted by Gasteiger charge is -2.34. The molecule has 2 aliphatic carbocycles. The van der Waals surface area contributed by atoms with E-state index in [-0.39, 0.29) is 58.4 Å². The quantitative estimate of drug-likeness (QED) is 0.0168. The zero-order valence-corrected chi connectivity index (χ0v) is 84.8. The van der Waals surface area contributed by atoms with Gasteiger partial charge in [0.2, 0.25) is 0 Å². The van der Waals surface area contributed by atoms with E-state index in [0.717, 1.165) is 178 Å². The number of fused-ring (bicyclic) bond motifs is 10. The Morgan fingerprint density at radius 3 is 0.732 bits per heavy atom. The van der Waals surface area contributed by atoms with Gasteiger partial charge < -0.3 is 18.9 Å². The molecule has 0 bridgehead atoms. The normalized spacial score (nSPS) is 13.5. The summed E-state index contributed by atoms with van der Waals surface area (Å²) in [6.07, 6.45) is 1.49. The van der Waals surface area contributed by atoms with Gasteiger partial charge in [0, 0.05) is 52.9 Å². The van der Waals surface area contributed by atoms with E-state index in [0.29, 0.717) is 101 Å². The molecule has 0 saturated heterocycles. The van der Waals surface area contributed by atoms with Crippen molar-refractivity contribution < 1.29 is 38.1 Å². The van der Waals surface area contributed by atoms with Crippen LogP contribution in [0, 0.1) is 13.8 Å². The van der Waals surface area contributed by atoms with Gasteiger partial charge in [0.15, 0.2) is 0 Å². The lowest BCUT2D eigenvalue weighted by Crippen LogP contribution is -2.42. The zero-order chi connectivity index (χ0) is 99.7. The molecule has 16 nitrogen and oxygen atoms in total. The van der Waals surface area contributed by atoms with Crippen LogP contribution >= 0.6 is 0 Å². The number of amides is 4. The minimum atomic E-state index is -0.476. The highest BCUT2D eigenvalue weighted by Gasteiger charge is 2.45. The number of imide groups is 2. The summed E-state index contributed by atoms with van der Waals surface area (Å²) in [5.41, 5.74) is 43.8. The van der Waals surface area contributed by atoms with Crippen LogP contribution in [0.4, 0.5) is 11.4 Å². The molecule has 22 rings (SSSR count). The summed E-state index contributed by atoms with van der Waals surface area (Å²) in [5, 5.41) is 21.2. The molecule has 0 fully saturated rings. The van der Waals surface area contributed by atoms with Crippen molar-refractivity contribution in [2.75, 3.05) is 9.80 Å². The van der Waals surface area contributed by atoms with Crippen LogP contribution in [0.1, 0.15) is 281 Å². The highest BCUT2D eigenvalue weighted by molar-refractivity contribution is 6.48. The van der Waals surface area contributed by atoms with Crippen LogP contribution in [-0.2, 0) is 47.6 Å². The predicted octanol–water partition coefficient (Wildman–Crippen LogP) is 35.6. The Kier molecular flexibility index (Phi) is 21.4. The van der Waals surface area contributed by atoms with E-state index in [1.807, 2.05) is 97.1 Å². The first-order chi connectivity index (χ1) is 67.6. The number of carbonyl (C=O) groups excluding carboxylic acids is 4. The molecule has 0 radical (unpaired) electrons. The lowest BCUT2D eigenvalue weighted by atomic mass is 9.82. The van der Waals surface area contributed by atoms with Gasteiger partial charge in [0.1, 0.15) is 46.0 Å². The highest BCUT2D eigenvalue weighted by Crippen LogP contribution is 2.62. The topological polar surface area (TPSA) is 209 Å². The van der Waals surface area contributed by atoms with Gasteiger partial charge in [0.05, 0.1) is 46.7 Å². The zero-order valence-electron chi connectivity index (χ0n) is 84.8. The average Bonchev–Trinajstić information content (AvgIpc) is 1.33. The predicted molar refractivity (Wildman–Crippen MR) is 579 cm³/mol. The number of aryl methyl sites for hydroxylation is 4. The van der Waals surface area contributed by atoms with Crippen molar-refractivity contribution in [3.05, 3.63) is 339 Å². The molecule has 4 aliphatic rings. The van der Waals surface area contributed by atoms with E-state index in [2.05, 4.69) is 294 Å². The Bertz CT molecular complexity index is 7830. The number of azide groups is 2. The standard InChI is InChI=1S/C126H114N8O8/c1-63(2)89-51-69(61-129-131-127)52-90(64(3)4)117(89)133-119(135)97-57-101(139-77-33-25-73(26-34-77)123(11,12)13)111-85-45-41-81-93-49-67(9)71(55-95(93)83-43-47-87(107(85)105(81)83)113-103(59-99(121(133)137)109(97)115(111)113)141-79-37-29-75(30-38-79)125(17,18)19)23-24-72-56-96-84-44-48-88-108-86(46-42-82(106(84)108)94(96)50-68(72)10)112-102(140-78-35-27-74(28-36-78)124(14,15)16)58-98-110-100(60-104(114(88)116(110)112)142-80-39-31-76(32-40-80)126(20,21)22)122(138)134(120(98)136)118-91(65(5)6)53-70(62-130-132-128)54-92(118)66(7)8/h25-60,63-66H,23-24,61-62H2,1-22H3. The highest BCUT2D eigenvalue weighted by atomic mass is 16.5. The summed E-state index contributed by atoms with van der Waals surface area (Å²) in [5.74, 6) is 1.65. The van der Waals surface area contributed by atoms with Crippen molar-refractivity contribution in [1.82, 2.24) is 0 Å². The van der Waals surface area contributed by atoms with Gasteiger partial charge in [-0.15, -0.1) is 0 Å². The minimum Gasteiger partial charge on any atom is -0.457 e. The van der Waals surface area contributed by atoms with E-state index >= 15 is 19.2 Å². The summed E-state index contributed by atoms with van der Waals surface area (Å²) < 4.78 is 29.6. The van der Waals surface area contributed by atoms with Gasteiger partial charge in [-0.05, 0) is 321 Å². The maximum Gasteiger partial charge on any atom is 0.266 e. The Balaban J connectivity index is 0.690. The number of ether oxygens (including phenoxy) is 4. The second-order valence-electron chi connectivity index (χ2n) is 45.0. The molecule has 0 aromatic heterocycles. The van der Waals surface area contributed by atoms with Crippen molar-refractivity contribution >= 4 is 121 Å². The first kappa shape index (κ1) is 91.7. The van der Waals surface area contributed by atoms with Crippen molar-refractivity contribution in [2.45, 2.75) is 224 Å². The van der Waals surface area contributed by atoms with Gasteiger partial charge in [-0.3, -0.25) is 19.2 Å². The van der Waals surface area contributed by atoms with Crippen LogP contribution in [0.25, 0.3) is 152 Å². The molecule has 18 aromatic rings. The third-order valence-electron chi connectivity index (χ3n) is 30.4. The van der Waals surface area contributed by atoms with Crippen molar-refractivity contribution in [3.8, 4) is 90.5 Å². The molecule has 18 aromatic carbocycles. The maximum atomic E-state index is 16.5. The second-order valence-corrected chi connectivity index (χ2v) is 45.0. The van der Waals surface area contributed by atoms with Gasteiger partial charge in [-0.1, -0.05) is 294 Å². The molecule has 0 saturated carbocycles. The number of rotatable bonds is 21. The fraction of sp³-hybridized carbons (Fsp3) is 0.270. The SMILES string of the molecule is Cc1cc2c(cc1CCc1cc3c(cc1C)-c1ccc4c5c(Oc6ccc(C(C)(C)C)cc6)cc6c7c(cc(Oc8ccc(C(C)(C)C)cc8)c(c8ccc-3c1c48)c75)C(=O)N(c1c(C(C)C)cc(CN=[N+]=[N-])cc1C(C)C)C6=O)-c1ccc3c4c(Oc5ccc(C(C)(C)C)cc5)cc5c6c(cc(Oc7ccc(C(C)(C)C)cc7)c(c7ccc-2c1c73)c64)C(=O)N(c1c(C(C)C)cc(CN=[N+]=[N-])cc1C(C)C)C5=O. The Morgan fingerprint density at radius 2 is 0.507 bits per heavy atom. The number of hydrogen-bond donors (Lipinski definition) is 0. The third-order valence-corrected chi connectivity index (χ3v) is 30.4. The van der Waals surface area contributed by atoms with E-state index in [1.54, 1.807) is 0 Å². The van der Waals surface area contributed by atoms with Gasteiger partial charge in [-0.2, -0.15) is 0 Å². The van der Waals surface area contributed by atoms with Crippen LogP contribution < -0.4 is 28.7 Å². The summed E-state index contributed by atoms with van der Waals surface area (Å²) in [6, 6.07) is 75.8. The third kappa shape index (κ3) is 14.6. The van der Waals surface area contributed by atoms with E-state index in [4.69, 9.17) is 18.9 Å². The van der Waals surface area contributed by atoms with Gasteiger partial charge in [0.25, 0.3) is 23.6 Å². The van der Waals surface area contributed by atoms with Gasteiger partial charge in [-0.25, -0.2) is 9.80 Å². The molecule has 142 heavy (non-hydrogen) atoms. The molecular weight excluding hydrogens is 1750 g/mol. The van der Waals surface area contributed by atoms with Crippen LogP contribution in [0.15, 0.2) is 229 Å². The van der Waals surface area contributed by atoms with Crippen LogP contribution in [-0.4, -0.2) is 23.6 Å². The number of anilines is 2. The Labute approximate surface area is 827 Å². The summed E-state index contributed by atoms with van der Waals surface area (Å²) in [7, 11) is 0. The largest absolute Gasteiger partial charge is 0.457 e. The second kappa shape index (κ2) is 33.2. The molecule has 0 unspecified atom stereocenters. The van der Waals surface area contributed by atoms with Gasteiger partial charge >= 0.3 is 0 Å².